The molecule has 0 aliphatic rings. The van der Waals surface area contributed by atoms with Crippen LogP contribution in [0.5, 0.6) is 5.88 Å². The van der Waals surface area contributed by atoms with Crippen molar-refractivity contribution in [3.63, 3.8) is 0 Å². The van der Waals surface area contributed by atoms with E-state index in [-0.39, 0.29) is 6.61 Å². The van der Waals surface area contributed by atoms with Crippen molar-refractivity contribution < 1.29 is 14.6 Å². The average Bonchev–Trinajstić information content (AvgIpc) is 2.21. The summed E-state index contributed by atoms with van der Waals surface area (Å²) in [4.78, 5) is 4.02. The van der Waals surface area contributed by atoms with Crippen LogP contribution in [0.3, 0.4) is 0 Å². The zero-order chi connectivity index (χ0) is 10.2. The Morgan fingerprint density at radius 1 is 1.29 bits per heavy atom. The molecule has 5 heteroatoms. The number of rotatable bonds is 6. The number of ether oxygens (including phenoxy) is 2. The molecule has 0 amide bonds. The van der Waals surface area contributed by atoms with E-state index in [9.17, 15) is 0 Å². The fourth-order valence-electron chi connectivity index (χ4n) is 0.819. The molecule has 1 rings (SSSR count). The van der Waals surface area contributed by atoms with Crippen LogP contribution in [-0.2, 0) is 4.74 Å². The second kappa shape index (κ2) is 6.75. The Morgan fingerprint density at radius 2 is 2.14 bits per heavy atom. The Hall–Kier alpha value is -0.650. The van der Waals surface area contributed by atoms with Crippen molar-refractivity contribution in [1.82, 2.24) is 4.98 Å². The highest BCUT2D eigenvalue weighted by molar-refractivity contribution is 9.10. The summed E-state index contributed by atoms with van der Waals surface area (Å²) in [5.41, 5.74) is 0. The monoisotopic (exact) mass is 261 g/mol. The molecule has 78 valence electrons. The maximum absolute atomic E-state index is 8.43. The summed E-state index contributed by atoms with van der Waals surface area (Å²) in [7, 11) is 0. The number of aliphatic hydroxyl groups excluding tert-OH is 1. The smallest absolute Gasteiger partial charge is 0.213 e. The zero-order valence-electron chi connectivity index (χ0n) is 7.65. The molecule has 4 nitrogen and oxygen atoms in total. The standard InChI is InChI=1S/C9H12BrNO3/c10-8-1-2-9(11-7-8)14-6-5-13-4-3-12/h1-2,7,12H,3-6H2. The van der Waals surface area contributed by atoms with Gasteiger partial charge in [-0.25, -0.2) is 4.98 Å². The fraction of sp³-hybridized carbons (Fsp3) is 0.444. The van der Waals surface area contributed by atoms with Crippen LogP contribution >= 0.6 is 15.9 Å². The summed E-state index contributed by atoms with van der Waals surface area (Å²) in [5, 5.41) is 8.43. The number of hydrogen-bond acceptors (Lipinski definition) is 4. The molecular formula is C9H12BrNO3. The molecule has 0 atom stereocenters. The molecule has 0 aromatic carbocycles. The van der Waals surface area contributed by atoms with Crippen molar-refractivity contribution in [2.24, 2.45) is 0 Å². The highest BCUT2D eigenvalue weighted by Crippen LogP contribution is 2.11. The minimum atomic E-state index is 0.0382. The third-order valence-corrected chi connectivity index (χ3v) is 1.88. The predicted molar refractivity (Wildman–Crippen MR) is 55.3 cm³/mol. The van der Waals surface area contributed by atoms with Crippen molar-refractivity contribution in [3.05, 3.63) is 22.8 Å². The molecule has 0 aliphatic carbocycles. The summed E-state index contributed by atoms with van der Waals surface area (Å²) in [6.45, 7) is 1.28. The second-order valence-corrected chi connectivity index (χ2v) is 3.41. The summed E-state index contributed by atoms with van der Waals surface area (Å²) < 4.78 is 11.2. The molecule has 1 heterocycles. The van der Waals surface area contributed by atoms with Crippen LogP contribution in [0, 0.1) is 0 Å². The number of pyridine rings is 1. The molecular weight excluding hydrogens is 250 g/mol. The van der Waals surface area contributed by atoms with E-state index in [1.165, 1.54) is 0 Å². The topological polar surface area (TPSA) is 51.6 Å². The van der Waals surface area contributed by atoms with Crippen molar-refractivity contribution in [3.8, 4) is 5.88 Å². The lowest BCUT2D eigenvalue weighted by atomic mass is 10.5. The average molecular weight is 262 g/mol. The lowest BCUT2D eigenvalue weighted by Gasteiger charge is -2.04. The van der Waals surface area contributed by atoms with Gasteiger partial charge >= 0.3 is 0 Å². The van der Waals surface area contributed by atoms with Gasteiger partial charge in [-0.15, -0.1) is 0 Å². The second-order valence-electron chi connectivity index (χ2n) is 2.50. The van der Waals surface area contributed by atoms with Crippen LogP contribution in [0.2, 0.25) is 0 Å². The van der Waals surface area contributed by atoms with Crippen LogP contribution < -0.4 is 4.74 Å². The predicted octanol–water partition coefficient (Wildman–Crippen LogP) is 1.23. The largest absolute Gasteiger partial charge is 0.475 e. The molecule has 1 aromatic heterocycles. The van der Waals surface area contributed by atoms with Gasteiger partial charge in [0.25, 0.3) is 0 Å². The van der Waals surface area contributed by atoms with Crippen LogP contribution in [0.15, 0.2) is 22.8 Å². The highest BCUT2D eigenvalue weighted by atomic mass is 79.9. The number of aromatic nitrogens is 1. The number of hydrogen-bond donors (Lipinski definition) is 1. The van der Waals surface area contributed by atoms with Gasteiger partial charge in [0.15, 0.2) is 0 Å². The van der Waals surface area contributed by atoms with Gasteiger partial charge in [-0.05, 0) is 22.0 Å². The van der Waals surface area contributed by atoms with Gasteiger partial charge in [-0.2, -0.15) is 0 Å². The van der Waals surface area contributed by atoms with Crippen LogP contribution in [0.25, 0.3) is 0 Å². The first-order valence-electron chi connectivity index (χ1n) is 4.26. The zero-order valence-corrected chi connectivity index (χ0v) is 9.24. The van der Waals surface area contributed by atoms with Gasteiger partial charge in [0, 0.05) is 16.7 Å². The third-order valence-electron chi connectivity index (χ3n) is 1.41. The van der Waals surface area contributed by atoms with E-state index in [2.05, 4.69) is 20.9 Å². The molecule has 1 N–H and O–H groups in total. The molecule has 0 unspecified atom stereocenters. The minimum Gasteiger partial charge on any atom is -0.475 e. The molecule has 14 heavy (non-hydrogen) atoms. The Balaban J connectivity index is 2.15. The van der Waals surface area contributed by atoms with Gasteiger partial charge in [0.05, 0.1) is 19.8 Å². The molecule has 0 aliphatic heterocycles. The van der Waals surface area contributed by atoms with Crippen LogP contribution in [0.4, 0.5) is 0 Å². The molecule has 0 radical (unpaired) electrons. The number of aliphatic hydroxyl groups is 1. The van der Waals surface area contributed by atoms with E-state index in [1.54, 1.807) is 12.3 Å². The molecule has 0 saturated carbocycles. The van der Waals surface area contributed by atoms with E-state index in [1.807, 2.05) is 6.07 Å². The van der Waals surface area contributed by atoms with Crippen molar-refractivity contribution in [1.29, 1.82) is 0 Å². The molecule has 0 fully saturated rings. The summed E-state index contributed by atoms with van der Waals surface area (Å²) >= 11 is 3.28. The van der Waals surface area contributed by atoms with Gasteiger partial charge in [-0.1, -0.05) is 0 Å². The van der Waals surface area contributed by atoms with Crippen LogP contribution in [-0.4, -0.2) is 36.5 Å². The lowest BCUT2D eigenvalue weighted by Crippen LogP contribution is -2.09. The third kappa shape index (κ3) is 4.55. The van der Waals surface area contributed by atoms with Crippen molar-refractivity contribution in [2.45, 2.75) is 0 Å². The number of halogens is 1. The SMILES string of the molecule is OCCOCCOc1ccc(Br)cn1. The Bertz CT molecular complexity index is 253. The Morgan fingerprint density at radius 3 is 2.79 bits per heavy atom. The summed E-state index contributed by atoms with van der Waals surface area (Å²) in [5.74, 6) is 0.570. The first-order valence-corrected chi connectivity index (χ1v) is 5.05. The first-order chi connectivity index (χ1) is 6.83. The quantitative estimate of drug-likeness (QED) is 0.783. The number of nitrogens with zero attached hydrogens (tertiary/aromatic N) is 1. The van der Waals surface area contributed by atoms with Gasteiger partial charge in [0.2, 0.25) is 5.88 Å². The van der Waals surface area contributed by atoms with Gasteiger partial charge < -0.3 is 14.6 Å². The summed E-state index contributed by atoms with van der Waals surface area (Å²) in [6.07, 6.45) is 1.67. The maximum atomic E-state index is 8.43. The van der Waals surface area contributed by atoms with E-state index >= 15 is 0 Å². The molecule has 1 aromatic rings. The minimum absolute atomic E-state index is 0.0382. The fourth-order valence-corrected chi connectivity index (χ4v) is 1.05. The van der Waals surface area contributed by atoms with Gasteiger partial charge in [0.1, 0.15) is 6.61 Å². The van der Waals surface area contributed by atoms with E-state index in [4.69, 9.17) is 14.6 Å². The van der Waals surface area contributed by atoms with E-state index < -0.39 is 0 Å². The Labute approximate surface area is 91.0 Å². The lowest BCUT2D eigenvalue weighted by molar-refractivity contribution is 0.0695. The summed E-state index contributed by atoms with van der Waals surface area (Å²) in [6, 6.07) is 3.63. The Kier molecular flexibility index (Phi) is 5.51. The van der Waals surface area contributed by atoms with E-state index in [0.29, 0.717) is 25.7 Å². The highest BCUT2D eigenvalue weighted by Gasteiger charge is 1.94. The molecule has 0 saturated heterocycles. The van der Waals surface area contributed by atoms with E-state index in [0.717, 1.165) is 4.47 Å². The first kappa shape index (κ1) is 11.4. The van der Waals surface area contributed by atoms with Crippen molar-refractivity contribution in [2.75, 3.05) is 26.4 Å². The van der Waals surface area contributed by atoms with Crippen LogP contribution in [0.1, 0.15) is 0 Å². The van der Waals surface area contributed by atoms with Gasteiger partial charge in [-0.3, -0.25) is 0 Å². The molecule has 0 spiro atoms. The normalized spacial score (nSPS) is 10.1. The maximum Gasteiger partial charge on any atom is 0.213 e. The van der Waals surface area contributed by atoms with Crippen molar-refractivity contribution >= 4 is 15.9 Å². The molecule has 0 bridgehead atoms.